The number of nitrogens with one attached hydrogen (secondary N) is 2. The van der Waals surface area contributed by atoms with Gasteiger partial charge in [-0.3, -0.25) is 0 Å². The normalized spacial score (nSPS) is 11.5. The van der Waals surface area contributed by atoms with Gasteiger partial charge in [-0.2, -0.15) is 5.26 Å². The molecule has 0 saturated heterocycles. The Kier molecular flexibility index (Phi) is 7.94. The lowest BCUT2D eigenvalue weighted by atomic mass is 10.0. The fourth-order valence-corrected chi connectivity index (χ4v) is 2.19. The van der Waals surface area contributed by atoms with Crippen LogP contribution >= 0.6 is 0 Å². The summed E-state index contributed by atoms with van der Waals surface area (Å²) in [6.45, 7) is 2.64. The van der Waals surface area contributed by atoms with Crippen molar-refractivity contribution in [2.45, 2.75) is 32.7 Å². The number of carbonyl (C=O) groups excluding carboxylic acids is 1. The summed E-state index contributed by atoms with van der Waals surface area (Å²) in [5.41, 5.74) is 0.624. The van der Waals surface area contributed by atoms with Gasteiger partial charge in [0.05, 0.1) is 11.6 Å². The van der Waals surface area contributed by atoms with Crippen molar-refractivity contribution in [1.82, 2.24) is 10.6 Å². The molecule has 0 aliphatic rings. The van der Waals surface area contributed by atoms with Crippen LogP contribution in [0.15, 0.2) is 18.2 Å². The Hall–Kier alpha value is -2.13. The Balaban J connectivity index is 2.44. The summed E-state index contributed by atoms with van der Waals surface area (Å²) in [6, 6.07) is 5.57. The Bertz CT molecular complexity index is 523. The minimum atomic E-state index is -0.455. The monoisotopic (exact) mass is 307 g/mol. The van der Waals surface area contributed by atoms with Gasteiger partial charge >= 0.3 is 6.03 Å². The van der Waals surface area contributed by atoms with E-state index in [1.807, 2.05) is 6.07 Å². The summed E-state index contributed by atoms with van der Waals surface area (Å²) < 4.78 is 13.6. The van der Waals surface area contributed by atoms with Crippen molar-refractivity contribution >= 4 is 6.03 Å². The predicted molar refractivity (Wildman–Crippen MR) is 81.5 cm³/mol. The predicted octanol–water partition coefficient (Wildman–Crippen LogP) is 2.30. The molecule has 0 heterocycles. The number of nitrogens with zero attached hydrogens (tertiary/aromatic N) is 1. The standard InChI is InChI=1S/C16H22FN3O2/c1-2-3-12(6-7-21)10-19-16(22)20-11-14-8-13(9-18)4-5-15(14)17/h4-5,8,12,21H,2-3,6-7,10-11H2,1H3,(H2,19,20,22). The summed E-state index contributed by atoms with van der Waals surface area (Å²) in [4.78, 5) is 11.7. The van der Waals surface area contributed by atoms with Gasteiger partial charge in [-0.1, -0.05) is 13.3 Å². The zero-order valence-electron chi connectivity index (χ0n) is 12.7. The van der Waals surface area contributed by atoms with Gasteiger partial charge in [0.25, 0.3) is 0 Å². The van der Waals surface area contributed by atoms with Gasteiger partial charge in [-0.25, -0.2) is 9.18 Å². The van der Waals surface area contributed by atoms with Gasteiger partial charge < -0.3 is 15.7 Å². The molecule has 1 rings (SSSR count). The molecule has 120 valence electrons. The number of aliphatic hydroxyl groups excluding tert-OH is 1. The largest absolute Gasteiger partial charge is 0.396 e. The highest BCUT2D eigenvalue weighted by Crippen LogP contribution is 2.10. The summed E-state index contributed by atoms with van der Waals surface area (Å²) in [6.07, 6.45) is 2.56. The molecule has 1 atom stereocenters. The second-order valence-electron chi connectivity index (χ2n) is 5.15. The van der Waals surface area contributed by atoms with Crippen molar-refractivity contribution in [2.75, 3.05) is 13.2 Å². The second-order valence-corrected chi connectivity index (χ2v) is 5.15. The molecule has 22 heavy (non-hydrogen) atoms. The molecule has 0 fully saturated rings. The maximum atomic E-state index is 13.6. The third kappa shape index (κ3) is 6.10. The highest BCUT2D eigenvalue weighted by atomic mass is 19.1. The molecule has 1 unspecified atom stereocenters. The first-order chi connectivity index (χ1) is 10.6. The SMILES string of the molecule is CCCC(CCO)CNC(=O)NCc1cc(C#N)ccc1F. The summed E-state index contributed by atoms with van der Waals surface area (Å²) in [5, 5.41) is 23.0. The van der Waals surface area contributed by atoms with E-state index in [2.05, 4.69) is 17.6 Å². The van der Waals surface area contributed by atoms with Crippen molar-refractivity contribution in [3.8, 4) is 6.07 Å². The molecular formula is C16H22FN3O2. The van der Waals surface area contributed by atoms with Crippen LogP contribution in [0.4, 0.5) is 9.18 Å². The second kappa shape index (κ2) is 9.74. The molecule has 3 N–H and O–H groups in total. The van der Waals surface area contributed by atoms with E-state index in [1.54, 1.807) is 0 Å². The van der Waals surface area contributed by atoms with Crippen molar-refractivity contribution in [3.05, 3.63) is 35.1 Å². The molecular weight excluding hydrogens is 285 g/mol. The van der Waals surface area contributed by atoms with E-state index in [9.17, 15) is 9.18 Å². The van der Waals surface area contributed by atoms with Crippen LogP contribution in [0.2, 0.25) is 0 Å². The van der Waals surface area contributed by atoms with Crippen LogP contribution in [0.25, 0.3) is 0 Å². The third-order valence-corrected chi connectivity index (χ3v) is 3.40. The van der Waals surface area contributed by atoms with Crippen LogP contribution in [0, 0.1) is 23.1 Å². The lowest BCUT2D eigenvalue weighted by Gasteiger charge is -2.16. The number of hydrogen-bond acceptors (Lipinski definition) is 3. The van der Waals surface area contributed by atoms with Crippen LogP contribution in [-0.4, -0.2) is 24.3 Å². The molecule has 0 saturated carbocycles. The summed E-state index contributed by atoms with van der Waals surface area (Å²) in [5.74, 6) is -0.220. The smallest absolute Gasteiger partial charge is 0.315 e. The number of aliphatic hydroxyl groups is 1. The van der Waals surface area contributed by atoms with Crippen LogP contribution in [0.3, 0.4) is 0 Å². The van der Waals surface area contributed by atoms with Crippen LogP contribution < -0.4 is 10.6 Å². The van der Waals surface area contributed by atoms with E-state index in [1.165, 1.54) is 18.2 Å². The highest BCUT2D eigenvalue weighted by Gasteiger charge is 2.10. The molecule has 0 aliphatic carbocycles. The van der Waals surface area contributed by atoms with E-state index < -0.39 is 5.82 Å². The topological polar surface area (TPSA) is 85.2 Å². The Labute approximate surface area is 130 Å². The molecule has 0 bridgehead atoms. The minimum absolute atomic E-state index is 0.0195. The average molecular weight is 307 g/mol. The fourth-order valence-electron chi connectivity index (χ4n) is 2.19. The molecule has 1 aromatic rings. The van der Waals surface area contributed by atoms with Gasteiger partial charge in [-0.05, 0) is 37.0 Å². The van der Waals surface area contributed by atoms with Crippen LogP contribution in [0.1, 0.15) is 37.3 Å². The highest BCUT2D eigenvalue weighted by molar-refractivity contribution is 5.73. The molecule has 6 heteroatoms. The summed E-state index contributed by atoms with van der Waals surface area (Å²) >= 11 is 0. The van der Waals surface area contributed by atoms with E-state index in [4.69, 9.17) is 10.4 Å². The third-order valence-electron chi connectivity index (χ3n) is 3.40. The van der Waals surface area contributed by atoms with Gasteiger partial charge in [0.2, 0.25) is 0 Å². The lowest BCUT2D eigenvalue weighted by Crippen LogP contribution is -2.38. The first kappa shape index (κ1) is 17.9. The number of halogens is 1. The first-order valence-electron chi connectivity index (χ1n) is 7.41. The fraction of sp³-hybridized carbons (Fsp3) is 0.500. The zero-order valence-corrected chi connectivity index (χ0v) is 12.7. The van der Waals surface area contributed by atoms with E-state index >= 15 is 0 Å². The lowest BCUT2D eigenvalue weighted by molar-refractivity contribution is 0.229. The quantitative estimate of drug-likeness (QED) is 0.689. The Morgan fingerprint density at radius 2 is 2.18 bits per heavy atom. The zero-order chi connectivity index (χ0) is 16.4. The van der Waals surface area contributed by atoms with Crippen molar-refractivity contribution in [1.29, 1.82) is 5.26 Å². The molecule has 5 nitrogen and oxygen atoms in total. The number of urea groups is 1. The van der Waals surface area contributed by atoms with Crippen molar-refractivity contribution in [2.24, 2.45) is 5.92 Å². The number of nitriles is 1. The average Bonchev–Trinajstić information content (AvgIpc) is 2.52. The van der Waals surface area contributed by atoms with Crippen LogP contribution in [-0.2, 0) is 6.54 Å². The van der Waals surface area contributed by atoms with Gasteiger partial charge in [0.15, 0.2) is 0 Å². The van der Waals surface area contributed by atoms with Gasteiger partial charge in [0, 0.05) is 25.3 Å². The molecule has 1 aromatic carbocycles. The molecule has 0 spiro atoms. The number of benzene rings is 1. The number of amides is 2. The van der Waals surface area contributed by atoms with Gasteiger partial charge in [-0.15, -0.1) is 0 Å². The Morgan fingerprint density at radius 3 is 2.82 bits per heavy atom. The van der Waals surface area contributed by atoms with Crippen molar-refractivity contribution < 1.29 is 14.3 Å². The molecule has 0 aromatic heterocycles. The maximum Gasteiger partial charge on any atom is 0.315 e. The maximum absolute atomic E-state index is 13.6. The van der Waals surface area contributed by atoms with Crippen LogP contribution in [0.5, 0.6) is 0 Å². The Morgan fingerprint density at radius 1 is 1.41 bits per heavy atom. The molecule has 2 amide bonds. The first-order valence-corrected chi connectivity index (χ1v) is 7.41. The molecule has 0 radical (unpaired) electrons. The number of carbonyl (C=O) groups is 1. The van der Waals surface area contributed by atoms with Gasteiger partial charge in [0.1, 0.15) is 5.82 Å². The number of hydrogen-bond donors (Lipinski definition) is 3. The van der Waals surface area contributed by atoms with E-state index in [0.717, 1.165) is 12.8 Å². The number of rotatable bonds is 8. The van der Waals surface area contributed by atoms with Crippen molar-refractivity contribution in [3.63, 3.8) is 0 Å². The molecule has 0 aliphatic heterocycles. The minimum Gasteiger partial charge on any atom is -0.396 e. The van der Waals surface area contributed by atoms with E-state index in [0.29, 0.717) is 18.5 Å². The van der Waals surface area contributed by atoms with E-state index in [-0.39, 0.29) is 30.7 Å². The summed E-state index contributed by atoms with van der Waals surface area (Å²) in [7, 11) is 0.